The highest BCUT2D eigenvalue weighted by Gasteiger charge is 2.24. The number of nitrogens with zero attached hydrogens (tertiary/aromatic N) is 3. The first-order chi connectivity index (χ1) is 9.66. The largest absolute Gasteiger partial charge is 0.304 e. The van der Waals surface area contributed by atoms with Crippen LogP contribution in [-0.2, 0) is 17.1 Å². The third-order valence-corrected chi connectivity index (χ3v) is 5.64. The summed E-state index contributed by atoms with van der Waals surface area (Å²) in [5, 5.41) is 4.16. The predicted octanol–water partition coefficient (Wildman–Crippen LogP) is 1.78. The smallest absolute Gasteiger partial charge is 0.245 e. The molecule has 0 aromatic carbocycles. The van der Waals surface area contributed by atoms with Gasteiger partial charge in [0.15, 0.2) is 0 Å². The summed E-state index contributed by atoms with van der Waals surface area (Å²) in [5.74, 6) is 0. The fourth-order valence-electron chi connectivity index (χ4n) is 1.94. The van der Waals surface area contributed by atoms with E-state index >= 15 is 0 Å². The molecule has 0 aliphatic heterocycles. The Morgan fingerprint density at radius 2 is 2.00 bits per heavy atom. The Labute approximate surface area is 132 Å². The van der Waals surface area contributed by atoms with E-state index in [0.29, 0.717) is 18.3 Å². The fraction of sp³-hybridized carbons (Fsp3) is 0.769. The lowest BCUT2D eigenvalue weighted by Gasteiger charge is -2.20. The molecule has 0 fully saturated rings. The van der Waals surface area contributed by atoms with Crippen LogP contribution in [0.15, 0.2) is 4.90 Å². The molecular formula is C13H25ClN4O2S. The first kappa shape index (κ1) is 18.4. The average molecular weight is 337 g/mol. The summed E-state index contributed by atoms with van der Waals surface area (Å²) in [6, 6.07) is 0.499. The minimum absolute atomic E-state index is 0.0750. The number of nitrogens with one attached hydrogen (secondary N) is 1. The highest BCUT2D eigenvalue weighted by Crippen LogP contribution is 2.23. The molecule has 8 heteroatoms. The number of aromatic nitrogens is 2. The third-order valence-electron chi connectivity index (χ3n) is 3.48. The highest BCUT2D eigenvalue weighted by molar-refractivity contribution is 7.89. The summed E-state index contributed by atoms with van der Waals surface area (Å²) in [6.45, 7) is 7.26. The van der Waals surface area contributed by atoms with Crippen molar-refractivity contribution in [3.05, 3.63) is 10.8 Å². The monoisotopic (exact) mass is 336 g/mol. The van der Waals surface area contributed by atoms with E-state index in [9.17, 15) is 8.42 Å². The first-order valence-electron chi connectivity index (χ1n) is 7.05. The number of halogens is 1. The second kappa shape index (κ2) is 7.58. The molecule has 21 heavy (non-hydrogen) atoms. The van der Waals surface area contributed by atoms with E-state index in [1.807, 2.05) is 0 Å². The molecule has 1 aromatic rings. The van der Waals surface area contributed by atoms with Crippen LogP contribution in [-0.4, -0.2) is 49.3 Å². The van der Waals surface area contributed by atoms with E-state index in [2.05, 4.69) is 35.6 Å². The van der Waals surface area contributed by atoms with E-state index in [-0.39, 0.29) is 10.0 Å². The minimum atomic E-state index is -3.60. The minimum Gasteiger partial charge on any atom is -0.304 e. The number of hydrogen-bond donors (Lipinski definition) is 1. The quantitative estimate of drug-likeness (QED) is 0.735. The van der Waals surface area contributed by atoms with Crippen molar-refractivity contribution in [2.75, 3.05) is 20.1 Å². The van der Waals surface area contributed by atoms with E-state index < -0.39 is 10.0 Å². The zero-order valence-electron chi connectivity index (χ0n) is 13.4. The van der Waals surface area contributed by atoms with Crippen LogP contribution in [0.2, 0.25) is 5.15 Å². The van der Waals surface area contributed by atoms with Crippen LogP contribution in [0.1, 0.15) is 32.4 Å². The Hall–Kier alpha value is -0.630. The van der Waals surface area contributed by atoms with E-state index in [4.69, 9.17) is 11.6 Å². The van der Waals surface area contributed by atoms with Gasteiger partial charge in [-0.2, -0.15) is 5.10 Å². The van der Waals surface area contributed by atoms with Gasteiger partial charge in [0.1, 0.15) is 10.0 Å². The summed E-state index contributed by atoms with van der Waals surface area (Å²) in [5.41, 5.74) is 0.412. The van der Waals surface area contributed by atoms with Crippen LogP contribution in [0.25, 0.3) is 0 Å². The van der Waals surface area contributed by atoms with Crippen molar-refractivity contribution in [1.82, 2.24) is 19.4 Å². The van der Waals surface area contributed by atoms with Crippen molar-refractivity contribution in [2.45, 2.75) is 44.6 Å². The van der Waals surface area contributed by atoms with Crippen LogP contribution < -0.4 is 4.72 Å². The molecule has 0 bridgehead atoms. The van der Waals surface area contributed by atoms with Crippen molar-refractivity contribution in [1.29, 1.82) is 0 Å². The topological polar surface area (TPSA) is 67.2 Å². The van der Waals surface area contributed by atoms with Crippen LogP contribution in [0.5, 0.6) is 0 Å². The van der Waals surface area contributed by atoms with Gasteiger partial charge in [-0.25, -0.2) is 13.1 Å². The van der Waals surface area contributed by atoms with E-state index in [0.717, 1.165) is 19.4 Å². The van der Waals surface area contributed by atoms with Gasteiger partial charge in [-0.1, -0.05) is 11.6 Å². The van der Waals surface area contributed by atoms with Gasteiger partial charge in [-0.15, -0.1) is 0 Å². The van der Waals surface area contributed by atoms with Crippen LogP contribution in [0.4, 0.5) is 0 Å². The van der Waals surface area contributed by atoms with Gasteiger partial charge in [-0.3, -0.25) is 4.68 Å². The molecule has 122 valence electrons. The number of hydrogen-bond acceptors (Lipinski definition) is 4. The fourth-order valence-corrected chi connectivity index (χ4v) is 3.76. The van der Waals surface area contributed by atoms with E-state index in [1.54, 1.807) is 14.0 Å². The number of aryl methyl sites for hydroxylation is 2. The van der Waals surface area contributed by atoms with Gasteiger partial charge >= 0.3 is 0 Å². The lowest BCUT2D eigenvalue weighted by Crippen LogP contribution is -2.29. The molecule has 1 heterocycles. The Morgan fingerprint density at radius 3 is 2.48 bits per heavy atom. The van der Waals surface area contributed by atoms with Crippen LogP contribution in [0, 0.1) is 6.92 Å². The van der Waals surface area contributed by atoms with Gasteiger partial charge in [0, 0.05) is 19.6 Å². The summed E-state index contributed by atoms with van der Waals surface area (Å²) < 4.78 is 28.4. The molecule has 0 atom stereocenters. The van der Waals surface area contributed by atoms with Crippen molar-refractivity contribution in [2.24, 2.45) is 7.05 Å². The van der Waals surface area contributed by atoms with Crippen molar-refractivity contribution >= 4 is 21.6 Å². The van der Waals surface area contributed by atoms with E-state index in [1.165, 1.54) is 4.68 Å². The maximum absolute atomic E-state index is 12.2. The lowest BCUT2D eigenvalue weighted by molar-refractivity contribution is 0.268. The Morgan fingerprint density at radius 1 is 1.38 bits per heavy atom. The predicted molar refractivity (Wildman–Crippen MR) is 85.1 cm³/mol. The lowest BCUT2D eigenvalue weighted by atomic mass is 10.2. The van der Waals surface area contributed by atoms with Crippen LogP contribution in [0.3, 0.4) is 0 Å². The Balaban J connectivity index is 2.51. The molecule has 0 aliphatic carbocycles. The number of rotatable bonds is 8. The maximum atomic E-state index is 12.2. The highest BCUT2D eigenvalue weighted by atomic mass is 35.5. The molecular weight excluding hydrogens is 312 g/mol. The normalized spacial score (nSPS) is 12.6. The Bertz CT molecular complexity index is 569. The third kappa shape index (κ3) is 4.95. The molecule has 6 nitrogen and oxygen atoms in total. The molecule has 1 N–H and O–H groups in total. The number of unbranched alkanes of at least 4 members (excludes halogenated alkanes) is 1. The van der Waals surface area contributed by atoms with Gasteiger partial charge in [0.25, 0.3) is 0 Å². The van der Waals surface area contributed by atoms with Gasteiger partial charge in [0.2, 0.25) is 10.0 Å². The summed E-state index contributed by atoms with van der Waals surface area (Å²) in [7, 11) is 0.0875. The molecule has 0 radical (unpaired) electrons. The number of sulfonamides is 1. The zero-order valence-corrected chi connectivity index (χ0v) is 14.9. The molecule has 0 amide bonds. The molecule has 0 unspecified atom stereocenters. The molecule has 0 aliphatic rings. The Kier molecular flexibility index (Phi) is 6.65. The van der Waals surface area contributed by atoms with Crippen molar-refractivity contribution in [3.63, 3.8) is 0 Å². The van der Waals surface area contributed by atoms with Crippen LogP contribution >= 0.6 is 11.6 Å². The molecule has 0 saturated heterocycles. The summed E-state index contributed by atoms with van der Waals surface area (Å²) >= 11 is 5.99. The summed E-state index contributed by atoms with van der Waals surface area (Å²) in [6.07, 6.45) is 1.73. The molecule has 0 saturated carbocycles. The molecule has 0 spiro atoms. The maximum Gasteiger partial charge on any atom is 0.245 e. The second-order valence-corrected chi connectivity index (χ2v) is 7.57. The van der Waals surface area contributed by atoms with Crippen molar-refractivity contribution in [3.8, 4) is 0 Å². The molecule has 1 aromatic heterocycles. The standard InChI is InChI=1S/C13H25ClN4O2S/c1-10(2)17(4)9-7-6-8-15-21(19,20)12-11(3)16-18(5)13(12)14/h10,15H,6-9H2,1-5H3. The van der Waals surface area contributed by atoms with Gasteiger partial charge < -0.3 is 4.90 Å². The van der Waals surface area contributed by atoms with Crippen molar-refractivity contribution < 1.29 is 8.42 Å². The SMILES string of the molecule is Cc1nn(C)c(Cl)c1S(=O)(=O)NCCCCN(C)C(C)C. The van der Waals surface area contributed by atoms with Gasteiger partial charge in [0.05, 0.1) is 5.69 Å². The van der Waals surface area contributed by atoms with Gasteiger partial charge in [-0.05, 0) is 47.2 Å². The second-order valence-electron chi connectivity index (χ2n) is 5.51. The summed E-state index contributed by atoms with van der Waals surface area (Å²) in [4.78, 5) is 2.31. The zero-order chi connectivity index (χ0) is 16.2. The molecule has 1 rings (SSSR count). The average Bonchev–Trinajstić information content (AvgIpc) is 2.62. The first-order valence-corrected chi connectivity index (χ1v) is 8.92.